The highest BCUT2D eigenvalue weighted by molar-refractivity contribution is 5.81. The minimum Gasteiger partial charge on any atom is -0.497 e. The van der Waals surface area contributed by atoms with E-state index in [0.717, 1.165) is 11.4 Å². The van der Waals surface area contributed by atoms with Crippen LogP contribution in [0.4, 0.5) is 10.6 Å². The van der Waals surface area contributed by atoms with Gasteiger partial charge in [-0.15, -0.1) is 0 Å². The summed E-state index contributed by atoms with van der Waals surface area (Å²) >= 11 is 0. The molecule has 0 spiro atoms. The number of amides is 1. The van der Waals surface area contributed by atoms with E-state index in [0.29, 0.717) is 30.4 Å². The van der Waals surface area contributed by atoms with Gasteiger partial charge < -0.3 is 24.2 Å². The van der Waals surface area contributed by atoms with Crippen molar-refractivity contribution in [2.45, 2.75) is 25.9 Å². The Labute approximate surface area is 210 Å². The molecule has 1 unspecified atom stereocenters. The van der Waals surface area contributed by atoms with Gasteiger partial charge in [0.15, 0.2) is 0 Å². The lowest BCUT2D eigenvalue weighted by Gasteiger charge is -2.27. The number of aromatic nitrogens is 1. The molecule has 1 N–H and O–H groups in total. The largest absolute Gasteiger partial charge is 0.497 e. The number of rotatable bonds is 12. The van der Waals surface area contributed by atoms with Crippen LogP contribution in [0.5, 0.6) is 17.2 Å². The quantitative estimate of drug-likeness (QED) is 0.394. The van der Waals surface area contributed by atoms with Crippen molar-refractivity contribution in [3.05, 3.63) is 78.5 Å². The average molecular weight is 494 g/mol. The first-order chi connectivity index (χ1) is 17.4. The SMILES string of the molecule is CCC(C(=O)O)N(Cc1ccc(OCCN(C)c2ccccn2)cc1)C(=O)Oc1ccc(OC)cc1. The summed E-state index contributed by atoms with van der Waals surface area (Å²) in [5.74, 6) is 1.36. The predicted octanol–water partition coefficient (Wildman–Crippen LogP) is 4.47. The molecule has 3 rings (SSSR count). The van der Waals surface area contributed by atoms with Crippen molar-refractivity contribution in [3.8, 4) is 17.2 Å². The van der Waals surface area contributed by atoms with Crippen LogP contribution in [0.15, 0.2) is 72.9 Å². The van der Waals surface area contributed by atoms with E-state index in [-0.39, 0.29) is 13.0 Å². The lowest BCUT2D eigenvalue weighted by Crippen LogP contribution is -2.45. The molecule has 0 saturated heterocycles. The molecule has 0 aliphatic heterocycles. The van der Waals surface area contributed by atoms with Gasteiger partial charge in [0.05, 0.1) is 13.7 Å². The van der Waals surface area contributed by atoms with Crippen molar-refractivity contribution in [1.82, 2.24) is 9.88 Å². The van der Waals surface area contributed by atoms with E-state index >= 15 is 0 Å². The van der Waals surface area contributed by atoms with E-state index in [1.165, 1.54) is 4.90 Å². The molecule has 2 aromatic carbocycles. The van der Waals surface area contributed by atoms with Gasteiger partial charge in [0, 0.05) is 19.8 Å². The maximum absolute atomic E-state index is 12.9. The summed E-state index contributed by atoms with van der Waals surface area (Å²) in [6, 6.07) is 18.4. The van der Waals surface area contributed by atoms with Crippen molar-refractivity contribution < 1.29 is 28.9 Å². The molecule has 0 bridgehead atoms. The van der Waals surface area contributed by atoms with Crippen LogP contribution >= 0.6 is 0 Å². The molecule has 0 saturated carbocycles. The van der Waals surface area contributed by atoms with Crippen LogP contribution in [-0.4, -0.2) is 60.4 Å². The van der Waals surface area contributed by atoms with Gasteiger partial charge in [-0.05, 0) is 60.5 Å². The smallest absolute Gasteiger partial charge is 0.416 e. The third-order valence-corrected chi connectivity index (χ3v) is 5.56. The summed E-state index contributed by atoms with van der Waals surface area (Å²) in [6.45, 7) is 2.90. The lowest BCUT2D eigenvalue weighted by atomic mass is 10.1. The van der Waals surface area contributed by atoms with Crippen LogP contribution in [0, 0.1) is 0 Å². The van der Waals surface area contributed by atoms with Crippen LogP contribution in [-0.2, 0) is 11.3 Å². The van der Waals surface area contributed by atoms with Crippen LogP contribution in [0.1, 0.15) is 18.9 Å². The number of methoxy groups -OCH3 is 1. The van der Waals surface area contributed by atoms with Crippen LogP contribution in [0.2, 0.25) is 0 Å². The van der Waals surface area contributed by atoms with Gasteiger partial charge in [-0.1, -0.05) is 25.1 Å². The normalized spacial score (nSPS) is 11.3. The maximum Gasteiger partial charge on any atom is 0.416 e. The van der Waals surface area contributed by atoms with E-state index in [1.807, 2.05) is 30.1 Å². The molecule has 9 nitrogen and oxygen atoms in total. The van der Waals surface area contributed by atoms with Crippen LogP contribution < -0.4 is 19.1 Å². The first-order valence-electron chi connectivity index (χ1n) is 11.6. The molecular formula is C27H31N3O6. The second-order valence-corrected chi connectivity index (χ2v) is 8.04. The Morgan fingerprint density at radius 2 is 1.64 bits per heavy atom. The van der Waals surface area contributed by atoms with E-state index in [2.05, 4.69) is 4.98 Å². The average Bonchev–Trinajstić information content (AvgIpc) is 2.90. The zero-order valence-electron chi connectivity index (χ0n) is 20.7. The summed E-state index contributed by atoms with van der Waals surface area (Å²) in [5.41, 5.74) is 0.749. The third-order valence-electron chi connectivity index (χ3n) is 5.56. The molecule has 0 aliphatic carbocycles. The number of carboxylic acid groups (broad SMARTS) is 1. The lowest BCUT2D eigenvalue weighted by molar-refractivity contribution is -0.142. The highest BCUT2D eigenvalue weighted by atomic mass is 16.6. The number of benzene rings is 2. The number of anilines is 1. The monoisotopic (exact) mass is 493 g/mol. The number of aliphatic carboxylic acids is 1. The number of likely N-dealkylation sites (N-methyl/N-ethyl adjacent to an activating group) is 1. The molecular weight excluding hydrogens is 462 g/mol. The molecule has 36 heavy (non-hydrogen) atoms. The Morgan fingerprint density at radius 3 is 2.22 bits per heavy atom. The topological polar surface area (TPSA) is 101 Å². The third kappa shape index (κ3) is 7.36. The second kappa shape index (κ2) is 13.0. The van der Waals surface area contributed by atoms with Gasteiger partial charge in [-0.3, -0.25) is 4.90 Å². The number of ether oxygens (including phenoxy) is 3. The number of carbonyl (C=O) groups is 2. The predicted molar refractivity (Wildman–Crippen MR) is 136 cm³/mol. The molecule has 190 valence electrons. The van der Waals surface area contributed by atoms with Gasteiger partial charge in [0.1, 0.15) is 35.7 Å². The number of carbonyl (C=O) groups excluding carboxylic acids is 1. The van der Waals surface area contributed by atoms with Crippen molar-refractivity contribution in [3.63, 3.8) is 0 Å². The molecule has 1 heterocycles. The number of carboxylic acids is 1. The standard InChI is InChI=1S/C27H31N3O6/c1-4-24(26(31)32)30(27(33)36-23-14-12-21(34-3)13-15-23)19-20-8-10-22(11-9-20)35-18-17-29(2)25-7-5-6-16-28-25/h5-16,24H,4,17-19H2,1-3H3,(H,31,32). The number of hydrogen-bond donors (Lipinski definition) is 1. The summed E-state index contributed by atoms with van der Waals surface area (Å²) in [7, 11) is 3.49. The van der Waals surface area contributed by atoms with E-state index in [4.69, 9.17) is 14.2 Å². The van der Waals surface area contributed by atoms with Crippen molar-refractivity contribution in [2.75, 3.05) is 32.2 Å². The van der Waals surface area contributed by atoms with Gasteiger partial charge in [-0.2, -0.15) is 0 Å². The number of pyridine rings is 1. The Bertz CT molecular complexity index is 1110. The Balaban J connectivity index is 1.62. The number of nitrogens with zero attached hydrogens (tertiary/aromatic N) is 3. The summed E-state index contributed by atoms with van der Waals surface area (Å²) in [4.78, 5) is 32.3. The maximum atomic E-state index is 12.9. The molecule has 3 aromatic rings. The molecule has 0 aliphatic rings. The highest BCUT2D eigenvalue weighted by Gasteiger charge is 2.30. The zero-order chi connectivity index (χ0) is 25.9. The Kier molecular flexibility index (Phi) is 9.50. The fourth-order valence-corrected chi connectivity index (χ4v) is 3.52. The summed E-state index contributed by atoms with van der Waals surface area (Å²) in [5, 5.41) is 9.68. The number of hydrogen-bond acceptors (Lipinski definition) is 7. The first kappa shape index (κ1) is 26.3. The summed E-state index contributed by atoms with van der Waals surface area (Å²) in [6.07, 6.45) is 1.24. The van der Waals surface area contributed by atoms with Crippen molar-refractivity contribution in [1.29, 1.82) is 0 Å². The summed E-state index contributed by atoms with van der Waals surface area (Å²) < 4.78 is 16.4. The second-order valence-electron chi connectivity index (χ2n) is 8.04. The Morgan fingerprint density at radius 1 is 0.972 bits per heavy atom. The fraction of sp³-hybridized carbons (Fsp3) is 0.296. The van der Waals surface area contributed by atoms with Crippen LogP contribution in [0.3, 0.4) is 0 Å². The van der Waals surface area contributed by atoms with Crippen molar-refractivity contribution >= 4 is 17.9 Å². The minimum atomic E-state index is -1.10. The molecule has 9 heteroatoms. The van der Waals surface area contributed by atoms with Crippen LogP contribution in [0.25, 0.3) is 0 Å². The molecule has 1 atom stereocenters. The van der Waals surface area contributed by atoms with E-state index in [9.17, 15) is 14.7 Å². The molecule has 1 amide bonds. The van der Waals surface area contributed by atoms with Gasteiger partial charge in [0.25, 0.3) is 0 Å². The minimum absolute atomic E-state index is 0.0719. The van der Waals surface area contributed by atoms with Gasteiger partial charge in [0.2, 0.25) is 0 Å². The van der Waals surface area contributed by atoms with E-state index < -0.39 is 18.1 Å². The van der Waals surface area contributed by atoms with Crippen molar-refractivity contribution in [2.24, 2.45) is 0 Å². The Hall–Kier alpha value is -4.27. The molecule has 1 aromatic heterocycles. The van der Waals surface area contributed by atoms with Gasteiger partial charge >= 0.3 is 12.1 Å². The first-order valence-corrected chi connectivity index (χ1v) is 11.6. The zero-order valence-corrected chi connectivity index (χ0v) is 20.7. The molecule has 0 fully saturated rings. The van der Waals surface area contributed by atoms with Gasteiger partial charge in [-0.25, -0.2) is 14.6 Å². The highest BCUT2D eigenvalue weighted by Crippen LogP contribution is 2.21. The molecule has 0 radical (unpaired) electrons. The fourth-order valence-electron chi connectivity index (χ4n) is 3.52. The van der Waals surface area contributed by atoms with E-state index in [1.54, 1.807) is 68.8 Å².